The Morgan fingerprint density at radius 2 is 1.93 bits per heavy atom. The Kier molecular flexibility index (Phi) is 7.76. The highest BCUT2D eigenvalue weighted by molar-refractivity contribution is 6.30. The molecule has 4 nitrogen and oxygen atoms in total. The molecule has 1 unspecified atom stereocenters. The highest BCUT2D eigenvalue weighted by Gasteiger charge is 2.34. The number of amides is 1. The molecule has 1 aliphatic rings. The average molecular weight is 404 g/mol. The van der Waals surface area contributed by atoms with Crippen LogP contribution in [0.25, 0.3) is 0 Å². The lowest BCUT2D eigenvalue weighted by atomic mass is 10.0. The molecular weight excluding hydrogens is 374 g/mol. The monoisotopic (exact) mass is 403 g/mol. The summed E-state index contributed by atoms with van der Waals surface area (Å²) in [7, 11) is 0. The Bertz CT molecular complexity index is 833. The van der Waals surface area contributed by atoms with Gasteiger partial charge in [0.05, 0.1) is 5.56 Å². The number of hydrogen-bond donors (Lipinski definition) is 2. The van der Waals surface area contributed by atoms with Crippen molar-refractivity contribution in [3.05, 3.63) is 57.6 Å². The number of primary amides is 1. The van der Waals surface area contributed by atoms with E-state index in [2.05, 4.69) is 13.8 Å². The summed E-state index contributed by atoms with van der Waals surface area (Å²) in [5.41, 5.74) is 8.46. The van der Waals surface area contributed by atoms with Crippen LogP contribution in [0.4, 0.5) is 0 Å². The van der Waals surface area contributed by atoms with E-state index in [1.165, 1.54) is 25.3 Å². The van der Waals surface area contributed by atoms with Crippen molar-refractivity contribution in [3.8, 4) is 11.5 Å². The van der Waals surface area contributed by atoms with E-state index in [0.29, 0.717) is 22.8 Å². The van der Waals surface area contributed by atoms with Crippen molar-refractivity contribution in [2.24, 2.45) is 11.7 Å². The maximum Gasteiger partial charge on any atom is 0.252 e. The molecule has 3 rings (SSSR count). The second kappa shape index (κ2) is 9.83. The molecule has 152 valence electrons. The minimum atomic E-state index is -0.525. The summed E-state index contributed by atoms with van der Waals surface area (Å²) in [5, 5.41) is 10.5. The molecule has 5 heteroatoms. The fraction of sp³-hybridized carbons (Fsp3) is 0.435. The molecule has 2 atom stereocenters. The molecule has 0 aliphatic heterocycles. The Morgan fingerprint density at radius 1 is 1.25 bits per heavy atom. The summed E-state index contributed by atoms with van der Waals surface area (Å²) in [6, 6.07) is 8.69. The molecule has 0 spiro atoms. The van der Waals surface area contributed by atoms with Crippen LogP contribution in [-0.2, 0) is 6.42 Å². The van der Waals surface area contributed by atoms with Gasteiger partial charge in [-0.3, -0.25) is 4.79 Å². The van der Waals surface area contributed by atoms with Gasteiger partial charge >= 0.3 is 0 Å². The standard InChI is InChI=1S/C18H18ClNO3.C5H12/c1-9-3-4-16(14(5-9)18(20)22)23-17-10(2)6-12-13(17)7-11(19)8-15(12)21;1-3-5-4-2/h3-5,7-8,10,17,21H,6H2,1-2H3,(H2,20,22);3-5H2,1-2H3/t10?,17-;/m1./s1. The number of carbonyl (C=O) groups excluding carboxylic acids is 1. The van der Waals surface area contributed by atoms with E-state index in [9.17, 15) is 9.90 Å². The normalized spacial score (nSPS) is 17.5. The maximum absolute atomic E-state index is 11.7. The second-order valence-corrected chi connectivity index (χ2v) is 7.87. The van der Waals surface area contributed by atoms with Crippen LogP contribution in [-0.4, -0.2) is 11.0 Å². The lowest BCUT2D eigenvalue weighted by Gasteiger charge is -2.21. The second-order valence-electron chi connectivity index (χ2n) is 7.43. The molecule has 0 saturated carbocycles. The van der Waals surface area contributed by atoms with E-state index in [-0.39, 0.29) is 17.8 Å². The predicted molar refractivity (Wildman–Crippen MR) is 114 cm³/mol. The molecule has 28 heavy (non-hydrogen) atoms. The molecule has 0 heterocycles. The molecule has 2 aromatic rings. The fourth-order valence-electron chi connectivity index (χ4n) is 3.46. The summed E-state index contributed by atoms with van der Waals surface area (Å²) >= 11 is 6.06. The molecule has 0 radical (unpaired) electrons. The zero-order valence-electron chi connectivity index (χ0n) is 17.1. The van der Waals surface area contributed by atoms with Gasteiger partial charge in [-0.05, 0) is 37.6 Å². The van der Waals surface area contributed by atoms with Crippen molar-refractivity contribution in [2.45, 2.75) is 59.5 Å². The quantitative estimate of drug-likeness (QED) is 0.646. The highest BCUT2D eigenvalue weighted by Crippen LogP contribution is 2.44. The first kappa shape index (κ1) is 22.1. The lowest BCUT2D eigenvalue weighted by Crippen LogP contribution is -2.17. The zero-order valence-corrected chi connectivity index (χ0v) is 17.8. The highest BCUT2D eigenvalue weighted by atomic mass is 35.5. The van der Waals surface area contributed by atoms with Crippen molar-refractivity contribution in [1.29, 1.82) is 0 Å². The summed E-state index contributed by atoms with van der Waals surface area (Å²) in [5.74, 6) is 0.261. The molecule has 1 aliphatic carbocycles. The number of phenolic OH excluding ortho intramolecular Hbond substituents is 1. The first-order valence-electron chi connectivity index (χ1n) is 9.86. The smallest absolute Gasteiger partial charge is 0.252 e. The van der Waals surface area contributed by atoms with Crippen LogP contribution < -0.4 is 10.5 Å². The van der Waals surface area contributed by atoms with Crippen LogP contribution in [0.15, 0.2) is 30.3 Å². The molecule has 2 aromatic carbocycles. The maximum atomic E-state index is 11.7. The Balaban J connectivity index is 0.000000500. The van der Waals surface area contributed by atoms with Gasteiger partial charge in [0.15, 0.2) is 0 Å². The van der Waals surface area contributed by atoms with Crippen molar-refractivity contribution in [1.82, 2.24) is 0 Å². The largest absolute Gasteiger partial charge is 0.508 e. The molecule has 0 saturated heterocycles. The fourth-order valence-corrected chi connectivity index (χ4v) is 3.68. The summed E-state index contributed by atoms with van der Waals surface area (Å²) in [6.45, 7) is 8.35. The molecule has 0 bridgehead atoms. The van der Waals surface area contributed by atoms with Crippen molar-refractivity contribution < 1.29 is 14.6 Å². The van der Waals surface area contributed by atoms with Gasteiger partial charge in [-0.15, -0.1) is 0 Å². The van der Waals surface area contributed by atoms with Crippen molar-refractivity contribution in [3.63, 3.8) is 0 Å². The van der Waals surface area contributed by atoms with Crippen LogP contribution in [0.3, 0.4) is 0 Å². The van der Waals surface area contributed by atoms with Crippen molar-refractivity contribution in [2.75, 3.05) is 0 Å². The number of carbonyl (C=O) groups is 1. The number of benzene rings is 2. The minimum absolute atomic E-state index is 0.149. The van der Waals surface area contributed by atoms with Gasteiger partial charge in [-0.1, -0.05) is 63.3 Å². The van der Waals surface area contributed by atoms with Crippen LogP contribution in [0.2, 0.25) is 5.02 Å². The molecule has 0 fully saturated rings. The first-order valence-corrected chi connectivity index (χ1v) is 10.2. The lowest BCUT2D eigenvalue weighted by molar-refractivity contribution is 0.0987. The number of aromatic hydroxyl groups is 1. The van der Waals surface area contributed by atoms with Gasteiger partial charge in [-0.2, -0.15) is 0 Å². The Labute approximate surface area is 172 Å². The van der Waals surface area contributed by atoms with Gasteiger partial charge < -0.3 is 15.6 Å². The SMILES string of the molecule is CCCCC.Cc1ccc(O[C@H]2c3cc(Cl)cc(O)c3CC2C)c(C(N)=O)c1. The zero-order chi connectivity index (χ0) is 20.8. The van der Waals surface area contributed by atoms with Gasteiger partial charge in [0.2, 0.25) is 0 Å². The summed E-state index contributed by atoms with van der Waals surface area (Å²) < 4.78 is 6.10. The number of aryl methyl sites for hydroxylation is 1. The van der Waals surface area contributed by atoms with Crippen LogP contribution in [0.5, 0.6) is 11.5 Å². The van der Waals surface area contributed by atoms with E-state index >= 15 is 0 Å². The van der Waals surface area contributed by atoms with Crippen molar-refractivity contribution >= 4 is 17.5 Å². The average Bonchev–Trinajstić information content (AvgIpc) is 2.94. The van der Waals surface area contributed by atoms with E-state index in [0.717, 1.165) is 16.7 Å². The number of unbranched alkanes of at least 4 members (excludes halogenated alkanes) is 2. The predicted octanol–water partition coefficient (Wildman–Crippen LogP) is 5.96. The van der Waals surface area contributed by atoms with Gasteiger partial charge in [0.1, 0.15) is 17.6 Å². The number of hydrogen-bond acceptors (Lipinski definition) is 3. The Morgan fingerprint density at radius 3 is 2.50 bits per heavy atom. The number of halogens is 1. The van der Waals surface area contributed by atoms with Crippen LogP contribution in [0.1, 0.15) is 73.2 Å². The number of ether oxygens (including phenoxy) is 1. The van der Waals surface area contributed by atoms with Gasteiger partial charge in [0, 0.05) is 22.1 Å². The van der Waals surface area contributed by atoms with Crippen LogP contribution >= 0.6 is 11.6 Å². The summed E-state index contributed by atoms with van der Waals surface area (Å²) in [4.78, 5) is 11.7. The minimum Gasteiger partial charge on any atom is -0.508 e. The number of fused-ring (bicyclic) bond motifs is 1. The van der Waals surface area contributed by atoms with E-state index in [1.807, 2.05) is 26.0 Å². The van der Waals surface area contributed by atoms with E-state index in [4.69, 9.17) is 22.1 Å². The molecule has 1 amide bonds. The van der Waals surface area contributed by atoms with Gasteiger partial charge in [-0.25, -0.2) is 0 Å². The number of rotatable bonds is 5. The molecule has 3 N–H and O–H groups in total. The topological polar surface area (TPSA) is 72.6 Å². The third kappa shape index (κ3) is 5.20. The van der Waals surface area contributed by atoms with E-state index in [1.54, 1.807) is 12.1 Å². The summed E-state index contributed by atoms with van der Waals surface area (Å²) in [6.07, 6.45) is 4.49. The third-order valence-electron chi connectivity index (χ3n) is 4.94. The number of phenols is 1. The number of nitrogens with two attached hydrogens (primary N) is 1. The Hall–Kier alpha value is -2.20. The molecular formula is C23H30ClNO3. The van der Waals surface area contributed by atoms with Crippen LogP contribution in [0, 0.1) is 12.8 Å². The first-order chi connectivity index (χ1) is 13.3. The molecule has 0 aromatic heterocycles. The third-order valence-corrected chi connectivity index (χ3v) is 5.15. The van der Waals surface area contributed by atoms with Gasteiger partial charge in [0.25, 0.3) is 5.91 Å². The van der Waals surface area contributed by atoms with E-state index < -0.39 is 5.91 Å².